The third kappa shape index (κ3) is 2.73. The molecule has 0 amide bonds. The molecule has 2 bridgehead atoms. The lowest BCUT2D eigenvalue weighted by atomic mass is 9.83. The van der Waals surface area contributed by atoms with E-state index in [4.69, 9.17) is 11.6 Å². The van der Waals surface area contributed by atoms with Crippen LogP contribution in [0.1, 0.15) is 51.3 Å². The highest BCUT2D eigenvalue weighted by molar-refractivity contribution is 6.31. The first-order valence-electron chi connectivity index (χ1n) is 8.32. The summed E-state index contributed by atoms with van der Waals surface area (Å²) >= 11 is 6.46. The normalized spacial score (nSPS) is 30.8. The molecule has 2 fully saturated rings. The fraction of sp³-hybridized carbons (Fsp3) is 0.812. The molecule has 0 aliphatic carbocycles. The van der Waals surface area contributed by atoms with Crippen molar-refractivity contribution in [1.82, 2.24) is 20.0 Å². The molecule has 2 aliphatic heterocycles. The first-order chi connectivity index (χ1) is 10.2. The number of hydrogen-bond acceptors (Lipinski definition) is 3. The van der Waals surface area contributed by atoms with E-state index in [1.165, 1.54) is 31.4 Å². The molecule has 4 nitrogen and oxygen atoms in total. The van der Waals surface area contributed by atoms with Crippen molar-refractivity contribution in [2.75, 3.05) is 13.6 Å². The number of aryl methyl sites for hydroxylation is 1. The van der Waals surface area contributed by atoms with Crippen LogP contribution in [0.15, 0.2) is 6.20 Å². The number of aromatic nitrogens is 2. The quantitative estimate of drug-likeness (QED) is 0.907. The predicted molar refractivity (Wildman–Crippen MR) is 86.6 cm³/mol. The second-order valence-electron chi connectivity index (χ2n) is 6.51. The van der Waals surface area contributed by atoms with Gasteiger partial charge in [-0.3, -0.25) is 4.68 Å². The van der Waals surface area contributed by atoms with Crippen LogP contribution in [0.2, 0.25) is 5.02 Å². The molecule has 0 saturated carbocycles. The lowest BCUT2D eigenvalue weighted by Gasteiger charge is -2.40. The van der Waals surface area contributed by atoms with Crippen molar-refractivity contribution >= 4 is 11.6 Å². The molecule has 21 heavy (non-hydrogen) atoms. The van der Waals surface area contributed by atoms with Crippen molar-refractivity contribution in [2.24, 2.45) is 5.92 Å². The summed E-state index contributed by atoms with van der Waals surface area (Å²) in [6.45, 7) is 6.16. The number of piperidine rings is 1. The summed E-state index contributed by atoms with van der Waals surface area (Å²) in [4.78, 5) is 2.60. The number of hydrogen-bond donors (Lipinski definition) is 1. The maximum absolute atomic E-state index is 6.46. The molecule has 1 aromatic heterocycles. The third-order valence-corrected chi connectivity index (χ3v) is 5.75. The summed E-state index contributed by atoms with van der Waals surface area (Å²) < 4.78 is 2.07. The first kappa shape index (κ1) is 15.3. The summed E-state index contributed by atoms with van der Waals surface area (Å²) in [5.41, 5.74) is 1.19. The van der Waals surface area contributed by atoms with Gasteiger partial charge in [0.15, 0.2) is 0 Å². The Kier molecular flexibility index (Phi) is 4.57. The van der Waals surface area contributed by atoms with Crippen molar-refractivity contribution in [3.8, 4) is 0 Å². The first-order valence-corrected chi connectivity index (χ1v) is 8.70. The number of nitrogens with zero attached hydrogens (tertiary/aromatic N) is 3. The maximum Gasteiger partial charge on any atom is 0.0834 e. The highest BCUT2D eigenvalue weighted by Crippen LogP contribution is 2.43. The van der Waals surface area contributed by atoms with Crippen LogP contribution in [-0.2, 0) is 6.54 Å². The van der Waals surface area contributed by atoms with Gasteiger partial charge < -0.3 is 10.2 Å². The van der Waals surface area contributed by atoms with Gasteiger partial charge in [-0.2, -0.15) is 5.10 Å². The fourth-order valence-corrected chi connectivity index (χ4v) is 4.62. The molecule has 3 rings (SSSR count). The Labute approximate surface area is 132 Å². The van der Waals surface area contributed by atoms with Crippen molar-refractivity contribution in [3.63, 3.8) is 0 Å². The average Bonchev–Trinajstić information content (AvgIpc) is 2.92. The minimum Gasteiger partial charge on any atom is -0.309 e. The van der Waals surface area contributed by atoms with Gasteiger partial charge in [0.25, 0.3) is 0 Å². The van der Waals surface area contributed by atoms with Crippen LogP contribution in [0.5, 0.6) is 0 Å². The van der Waals surface area contributed by atoms with Crippen LogP contribution in [0, 0.1) is 5.92 Å². The summed E-state index contributed by atoms with van der Waals surface area (Å²) in [6, 6.07) is 1.85. The second kappa shape index (κ2) is 6.27. The minimum absolute atomic E-state index is 0.335. The van der Waals surface area contributed by atoms with Crippen molar-refractivity contribution in [1.29, 1.82) is 0 Å². The standard InChI is InChI=1S/C16H27ClN4/c1-4-18-15(16-14(17)10-19-21(16)5-2)11-8-12-6-7-13(9-11)20(12)3/h10-13,15,18H,4-9H2,1-3H3. The number of halogens is 1. The number of nitrogens with one attached hydrogen (secondary N) is 1. The Hall–Kier alpha value is -0.580. The largest absolute Gasteiger partial charge is 0.309 e. The van der Waals surface area contributed by atoms with E-state index >= 15 is 0 Å². The summed E-state index contributed by atoms with van der Waals surface area (Å²) in [5, 5.41) is 8.94. The van der Waals surface area contributed by atoms with Gasteiger partial charge in [0.2, 0.25) is 0 Å². The predicted octanol–water partition coefficient (Wildman–Crippen LogP) is 3.08. The summed E-state index contributed by atoms with van der Waals surface area (Å²) in [5.74, 6) is 0.665. The van der Waals surface area contributed by atoms with Crippen molar-refractivity contribution < 1.29 is 0 Å². The van der Waals surface area contributed by atoms with Crippen LogP contribution < -0.4 is 5.32 Å². The van der Waals surface area contributed by atoms with E-state index in [2.05, 4.69) is 40.9 Å². The van der Waals surface area contributed by atoms with E-state index in [9.17, 15) is 0 Å². The van der Waals surface area contributed by atoms with Gasteiger partial charge in [-0.15, -0.1) is 0 Å². The zero-order valence-electron chi connectivity index (χ0n) is 13.3. The lowest BCUT2D eigenvalue weighted by molar-refractivity contribution is 0.110. The van der Waals surface area contributed by atoms with Gasteiger partial charge in [-0.1, -0.05) is 18.5 Å². The maximum atomic E-state index is 6.46. The molecule has 1 aromatic rings. The zero-order chi connectivity index (χ0) is 15.0. The van der Waals surface area contributed by atoms with E-state index in [0.717, 1.165) is 30.2 Å². The number of fused-ring (bicyclic) bond motifs is 2. The molecule has 3 heterocycles. The van der Waals surface area contributed by atoms with Crippen LogP contribution in [0.4, 0.5) is 0 Å². The molecule has 2 aliphatic rings. The lowest BCUT2D eigenvalue weighted by Crippen LogP contribution is -2.44. The minimum atomic E-state index is 0.335. The van der Waals surface area contributed by atoms with Crippen molar-refractivity contribution in [2.45, 2.75) is 64.2 Å². The van der Waals surface area contributed by atoms with E-state index < -0.39 is 0 Å². The Morgan fingerprint density at radius 2 is 2.00 bits per heavy atom. The van der Waals surface area contributed by atoms with Gasteiger partial charge in [-0.25, -0.2) is 0 Å². The zero-order valence-corrected chi connectivity index (χ0v) is 14.1. The Morgan fingerprint density at radius 1 is 1.33 bits per heavy atom. The van der Waals surface area contributed by atoms with E-state index in [1.807, 2.05) is 0 Å². The van der Waals surface area contributed by atoms with Gasteiger partial charge in [0.05, 0.1) is 23.0 Å². The SMILES string of the molecule is CCNC(c1c(Cl)cnn1CC)C1CC2CCC(C1)N2C. The second-order valence-corrected chi connectivity index (χ2v) is 6.92. The van der Waals surface area contributed by atoms with Gasteiger partial charge >= 0.3 is 0 Å². The molecule has 0 spiro atoms. The average molecular weight is 311 g/mol. The molecule has 2 saturated heterocycles. The molecule has 118 valence electrons. The van der Waals surface area contributed by atoms with Crippen LogP contribution in [-0.4, -0.2) is 40.4 Å². The molecule has 1 N–H and O–H groups in total. The van der Waals surface area contributed by atoms with E-state index in [0.29, 0.717) is 12.0 Å². The highest BCUT2D eigenvalue weighted by atomic mass is 35.5. The van der Waals surface area contributed by atoms with Crippen LogP contribution in [0.3, 0.4) is 0 Å². The number of rotatable bonds is 5. The summed E-state index contributed by atoms with van der Waals surface area (Å²) in [6.07, 6.45) is 7.06. The van der Waals surface area contributed by atoms with E-state index in [1.54, 1.807) is 6.20 Å². The topological polar surface area (TPSA) is 33.1 Å². The fourth-order valence-electron chi connectivity index (χ4n) is 4.37. The van der Waals surface area contributed by atoms with Crippen LogP contribution >= 0.6 is 11.6 Å². The monoisotopic (exact) mass is 310 g/mol. The Balaban J connectivity index is 1.86. The van der Waals surface area contributed by atoms with Gasteiger partial charge in [0.1, 0.15) is 0 Å². The molecule has 0 radical (unpaired) electrons. The van der Waals surface area contributed by atoms with Crippen molar-refractivity contribution in [3.05, 3.63) is 16.9 Å². The highest BCUT2D eigenvalue weighted by Gasteiger charge is 2.42. The summed E-state index contributed by atoms with van der Waals surface area (Å²) in [7, 11) is 2.30. The molecule has 3 unspecified atom stereocenters. The van der Waals surface area contributed by atoms with Crippen LogP contribution in [0.25, 0.3) is 0 Å². The molecule has 5 heteroatoms. The Morgan fingerprint density at radius 3 is 2.57 bits per heavy atom. The molecule has 3 atom stereocenters. The van der Waals surface area contributed by atoms with Gasteiger partial charge in [0, 0.05) is 18.6 Å². The third-order valence-electron chi connectivity index (χ3n) is 5.46. The van der Waals surface area contributed by atoms with Gasteiger partial charge in [-0.05, 0) is 52.1 Å². The molecular weight excluding hydrogens is 284 g/mol. The smallest absolute Gasteiger partial charge is 0.0834 e. The molecular formula is C16H27ClN4. The molecule has 0 aromatic carbocycles. The Bertz CT molecular complexity index is 473. The van der Waals surface area contributed by atoms with E-state index in [-0.39, 0.29) is 0 Å².